The highest BCUT2D eigenvalue weighted by Crippen LogP contribution is 2.42. The molecule has 12 nitrogen and oxygen atoms in total. The average molecular weight is 609 g/mol. The van der Waals surface area contributed by atoms with Crippen LogP contribution < -0.4 is 20.1 Å². The van der Waals surface area contributed by atoms with E-state index in [0.29, 0.717) is 44.2 Å². The molecule has 2 N–H and O–H groups in total. The molecule has 0 bridgehead atoms. The molecule has 0 heterocycles. The van der Waals surface area contributed by atoms with Gasteiger partial charge in [-0.2, -0.15) is 0 Å². The van der Waals surface area contributed by atoms with Crippen LogP contribution >= 0.6 is 0 Å². The van der Waals surface area contributed by atoms with Crippen LogP contribution in [0.4, 0.5) is 9.59 Å². The first kappa shape index (κ1) is 33.6. The quantitative estimate of drug-likeness (QED) is 0.103. The molecule has 0 aliphatic rings. The van der Waals surface area contributed by atoms with Gasteiger partial charge >= 0.3 is 24.1 Å². The molecule has 3 rings (SSSR count). The third-order valence-electron chi connectivity index (χ3n) is 5.87. The van der Waals surface area contributed by atoms with E-state index in [-0.39, 0.29) is 52.7 Å². The number of ether oxygens (including phenoxy) is 6. The summed E-state index contributed by atoms with van der Waals surface area (Å²) in [7, 11) is 0. The lowest BCUT2D eigenvalue weighted by molar-refractivity contribution is -0.141. The van der Waals surface area contributed by atoms with Crippen molar-refractivity contribution in [1.29, 1.82) is 0 Å². The van der Waals surface area contributed by atoms with E-state index in [2.05, 4.69) is 23.8 Å². The number of esters is 2. The van der Waals surface area contributed by atoms with Crippen molar-refractivity contribution in [3.05, 3.63) is 72.8 Å². The number of carbonyl (C=O) groups excluding carboxylic acids is 4. The van der Waals surface area contributed by atoms with Crippen molar-refractivity contribution in [2.75, 3.05) is 52.7 Å². The number of rotatable bonds is 16. The topological polar surface area (TPSA) is 148 Å². The number of amides is 2. The summed E-state index contributed by atoms with van der Waals surface area (Å²) in [6.45, 7) is 11.3. The maximum atomic E-state index is 12.7. The van der Waals surface area contributed by atoms with E-state index in [1.54, 1.807) is 62.4 Å². The number of hydrogen-bond acceptors (Lipinski definition) is 10. The summed E-state index contributed by atoms with van der Waals surface area (Å²) in [6, 6.07) is 14.2. The molecule has 3 aromatic carbocycles. The van der Waals surface area contributed by atoms with E-state index >= 15 is 0 Å². The fourth-order valence-electron chi connectivity index (χ4n) is 3.81. The van der Waals surface area contributed by atoms with Crippen LogP contribution in [0, 0.1) is 0 Å². The van der Waals surface area contributed by atoms with E-state index in [1.165, 1.54) is 0 Å². The minimum atomic E-state index is -0.696. The third-order valence-corrected chi connectivity index (χ3v) is 5.87. The largest absolute Gasteiger partial charge is 0.460 e. The van der Waals surface area contributed by atoms with Crippen molar-refractivity contribution in [1.82, 2.24) is 10.6 Å². The van der Waals surface area contributed by atoms with Gasteiger partial charge in [0, 0.05) is 45.8 Å². The van der Waals surface area contributed by atoms with Gasteiger partial charge in [-0.15, -0.1) is 0 Å². The molecule has 0 aromatic heterocycles. The number of benzene rings is 3. The molecule has 0 saturated carbocycles. The number of hydrogen-bond donors (Lipinski definition) is 2. The normalized spacial score (nSPS) is 10.6. The molecule has 0 fully saturated rings. The summed E-state index contributed by atoms with van der Waals surface area (Å²) in [5.41, 5.74) is 0.604. The zero-order valence-corrected chi connectivity index (χ0v) is 24.8. The Balaban J connectivity index is 1.58. The highest BCUT2D eigenvalue weighted by atomic mass is 16.6. The Morgan fingerprint density at radius 1 is 0.568 bits per heavy atom. The van der Waals surface area contributed by atoms with Gasteiger partial charge in [0.05, 0.1) is 26.4 Å². The summed E-state index contributed by atoms with van der Waals surface area (Å²) >= 11 is 0. The molecule has 0 unspecified atom stereocenters. The minimum absolute atomic E-state index is 0.0725. The molecule has 0 aliphatic heterocycles. The third kappa shape index (κ3) is 10.1. The highest BCUT2D eigenvalue weighted by Gasteiger charge is 2.20. The molecular formula is C32H36N2O10. The van der Waals surface area contributed by atoms with E-state index in [9.17, 15) is 19.2 Å². The van der Waals surface area contributed by atoms with Gasteiger partial charge in [0.1, 0.15) is 24.7 Å². The van der Waals surface area contributed by atoms with E-state index in [1.807, 2.05) is 0 Å². The van der Waals surface area contributed by atoms with Crippen LogP contribution in [0.2, 0.25) is 0 Å². The Bertz CT molecular complexity index is 1350. The molecule has 44 heavy (non-hydrogen) atoms. The van der Waals surface area contributed by atoms with E-state index in [4.69, 9.17) is 28.4 Å². The Labute approximate surface area is 254 Å². The first-order valence-electron chi connectivity index (χ1n) is 13.8. The number of carbonyl (C=O) groups is 4. The van der Waals surface area contributed by atoms with Gasteiger partial charge in [-0.3, -0.25) is 0 Å². The zero-order chi connectivity index (χ0) is 31.9. The predicted molar refractivity (Wildman–Crippen MR) is 163 cm³/mol. The zero-order valence-electron chi connectivity index (χ0n) is 24.8. The van der Waals surface area contributed by atoms with Crippen molar-refractivity contribution >= 4 is 45.7 Å². The molecule has 12 heteroatoms. The summed E-state index contributed by atoms with van der Waals surface area (Å²) in [6.07, 6.45) is -1.39. The van der Waals surface area contributed by atoms with Crippen LogP contribution in [0.25, 0.3) is 21.5 Å². The van der Waals surface area contributed by atoms with Crippen molar-refractivity contribution in [3.63, 3.8) is 0 Å². The van der Waals surface area contributed by atoms with Gasteiger partial charge in [0.15, 0.2) is 0 Å². The molecule has 2 amide bonds. The van der Waals surface area contributed by atoms with Crippen LogP contribution in [0.5, 0.6) is 11.5 Å². The van der Waals surface area contributed by atoms with Gasteiger partial charge < -0.3 is 39.1 Å². The van der Waals surface area contributed by atoms with Gasteiger partial charge in [-0.05, 0) is 13.8 Å². The minimum Gasteiger partial charge on any atom is -0.460 e. The Hall–Kier alpha value is -4.94. The molecule has 0 radical (unpaired) electrons. The Morgan fingerprint density at radius 2 is 0.909 bits per heavy atom. The maximum Gasteiger partial charge on any atom is 0.412 e. The van der Waals surface area contributed by atoms with E-state index in [0.717, 1.165) is 0 Å². The van der Waals surface area contributed by atoms with Crippen LogP contribution in [-0.2, 0) is 28.5 Å². The molecule has 3 aromatic rings. The standard InChI is InChI=1S/C32H36N2O10/c1-21(2)29(35)41-19-17-39-15-13-33-31(37)43-27-23-9-5-7-11-25(23)28(26-12-8-6-10-24(26)27)44-32(38)34-14-16-40-18-20-42-30(36)22(3)4/h5-12H,1,3,13-20H2,2,4H3,(H,33,37)(H,34,38). The van der Waals surface area contributed by atoms with Crippen molar-refractivity contribution in [2.45, 2.75) is 13.8 Å². The summed E-state index contributed by atoms with van der Waals surface area (Å²) < 4.78 is 32.1. The lowest BCUT2D eigenvalue weighted by atomic mass is 10.0. The smallest absolute Gasteiger partial charge is 0.412 e. The van der Waals surface area contributed by atoms with Crippen LogP contribution in [0.3, 0.4) is 0 Å². The summed E-state index contributed by atoms with van der Waals surface area (Å²) in [5.74, 6) is -0.382. The Morgan fingerprint density at radius 3 is 1.23 bits per heavy atom. The lowest BCUT2D eigenvalue weighted by Crippen LogP contribution is -2.31. The molecular weight excluding hydrogens is 572 g/mol. The lowest BCUT2D eigenvalue weighted by Gasteiger charge is -2.17. The SMILES string of the molecule is C=C(C)C(=O)OCCOCCNC(=O)Oc1c2ccccc2c(OC(=O)NCCOCCOC(=O)C(=C)C)c2ccccc12. The highest BCUT2D eigenvalue weighted by molar-refractivity contribution is 6.12. The molecule has 0 spiro atoms. The fraction of sp³-hybridized carbons (Fsp3) is 0.312. The van der Waals surface area contributed by atoms with Crippen LogP contribution in [0.15, 0.2) is 72.8 Å². The van der Waals surface area contributed by atoms with Crippen LogP contribution in [0.1, 0.15) is 13.8 Å². The number of fused-ring (bicyclic) bond motifs is 2. The van der Waals surface area contributed by atoms with Crippen molar-refractivity contribution in [2.24, 2.45) is 0 Å². The maximum absolute atomic E-state index is 12.7. The second-order valence-electron chi connectivity index (χ2n) is 9.44. The fourth-order valence-corrected chi connectivity index (χ4v) is 3.81. The van der Waals surface area contributed by atoms with Crippen molar-refractivity contribution < 1.29 is 47.6 Å². The summed E-state index contributed by atoms with van der Waals surface area (Å²) in [4.78, 5) is 48.1. The van der Waals surface area contributed by atoms with E-state index < -0.39 is 24.1 Å². The predicted octanol–water partition coefficient (Wildman–Crippen LogP) is 4.44. The number of nitrogens with one attached hydrogen (secondary N) is 2. The van der Waals surface area contributed by atoms with Gasteiger partial charge in [-0.1, -0.05) is 61.7 Å². The van der Waals surface area contributed by atoms with Gasteiger partial charge in [0.2, 0.25) is 0 Å². The molecule has 0 aliphatic carbocycles. The summed E-state index contributed by atoms with van der Waals surface area (Å²) in [5, 5.41) is 7.52. The second-order valence-corrected chi connectivity index (χ2v) is 9.44. The van der Waals surface area contributed by atoms with Crippen molar-refractivity contribution in [3.8, 4) is 11.5 Å². The molecule has 0 saturated heterocycles. The average Bonchev–Trinajstić information content (AvgIpc) is 3.01. The molecule has 0 atom stereocenters. The first-order chi connectivity index (χ1) is 21.2. The van der Waals surface area contributed by atoms with Gasteiger partial charge in [-0.25, -0.2) is 19.2 Å². The Kier molecular flexibility index (Phi) is 13.2. The first-order valence-corrected chi connectivity index (χ1v) is 13.8. The molecule has 234 valence electrons. The van der Waals surface area contributed by atoms with Gasteiger partial charge in [0.25, 0.3) is 0 Å². The second kappa shape index (κ2) is 17.2. The van der Waals surface area contributed by atoms with Crippen LogP contribution in [-0.4, -0.2) is 76.9 Å². The monoisotopic (exact) mass is 608 g/mol.